The van der Waals surface area contributed by atoms with Gasteiger partial charge in [0.25, 0.3) is 0 Å². The predicted molar refractivity (Wildman–Crippen MR) is 135 cm³/mol. The largest absolute Gasteiger partial charge is 0.472 e. The molecule has 0 spiro atoms. The van der Waals surface area contributed by atoms with Gasteiger partial charge < -0.3 is 9.72 Å². The van der Waals surface area contributed by atoms with Crippen LogP contribution in [0, 0.1) is 11.8 Å². The Morgan fingerprint density at radius 2 is 1.94 bits per heavy atom. The highest BCUT2D eigenvalue weighted by Crippen LogP contribution is 2.54. The molecular formula is C29H36N4O. The number of H-pyrrole nitrogens is 1. The first-order chi connectivity index (χ1) is 16.7. The zero-order valence-electron chi connectivity index (χ0n) is 20.4. The van der Waals surface area contributed by atoms with Crippen LogP contribution in [0.15, 0.2) is 42.6 Å². The molecule has 178 valence electrons. The molecule has 1 aromatic carbocycles. The number of hydrogen-bond acceptors (Lipinski definition) is 4. The second kappa shape index (κ2) is 8.10. The maximum Gasteiger partial charge on any atom is 0.213 e. The quantitative estimate of drug-likeness (QED) is 0.556. The van der Waals surface area contributed by atoms with E-state index in [9.17, 15) is 0 Å². The van der Waals surface area contributed by atoms with Crippen LogP contribution in [0.1, 0.15) is 62.4 Å². The average Bonchev–Trinajstić information content (AvgIpc) is 3.50. The Balaban J connectivity index is 1.21. The van der Waals surface area contributed by atoms with E-state index in [4.69, 9.17) is 9.72 Å². The molecule has 2 bridgehead atoms. The van der Waals surface area contributed by atoms with Crippen molar-refractivity contribution in [3.05, 3.63) is 59.4 Å². The lowest BCUT2D eigenvalue weighted by Gasteiger charge is -2.46. The summed E-state index contributed by atoms with van der Waals surface area (Å²) in [6.07, 6.45) is 8.92. The number of rotatable bonds is 6. The summed E-state index contributed by atoms with van der Waals surface area (Å²) in [6.45, 7) is 7.88. The Bertz CT molecular complexity index is 1170. The van der Waals surface area contributed by atoms with Crippen molar-refractivity contribution in [1.82, 2.24) is 19.8 Å². The lowest BCUT2D eigenvalue weighted by Crippen LogP contribution is -2.53. The number of fused-ring (bicyclic) bond motifs is 4. The standard InChI is InChI=1S/C29H36N4O/c1-3-10-32-16-22(17-32)34-27-9-8-20(15-30-27)29-28-24(23-6-4-5-7-25(23)31-28)11-18(2)33(29)26-14-19-12-21(26)13-19/h4-9,15,18-19,21-22,26,29,31H,3,10-14,16-17H2,1-2H3/t18-,19?,21?,26-,29-/m1/s1. The number of nitrogens with zero attached hydrogens (tertiary/aromatic N) is 3. The number of nitrogens with one attached hydrogen (secondary N) is 1. The van der Waals surface area contributed by atoms with Gasteiger partial charge in [-0.1, -0.05) is 31.2 Å². The molecule has 1 N–H and O–H groups in total. The van der Waals surface area contributed by atoms with Gasteiger partial charge in [-0.2, -0.15) is 0 Å². The number of aromatic amines is 1. The first-order valence-electron chi connectivity index (χ1n) is 13.4. The number of ether oxygens (including phenoxy) is 1. The van der Waals surface area contributed by atoms with Crippen LogP contribution in [0.2, 0.25) is 0 Å². The van der Waals surface area contributed by atoms with Crippen molar-refractivity contribution in [2.24, 2.45) is 11.8 Å². The van der Waals surface area contributed by atoms with Crippen molar-refractivity contribution in [1.29, 1.82) is 0 Å². The van der Waals surface area contributed by atoms with E-state index < -0.39 is 0 Å². The van der Waals surface area contributed by atoms with Crippen molar-refractivity contribution in [3.63, 3.8) is 0 Å². The molecule has 3 saturated carbocycles. The maximum absolute atomic E-state index is 6.18. The SMILES string of the molecule is CCCN1CC(Oc2ccc([C@@H]3c4[nH]c5ccccc5c4C[C@@H](C)N3[C@@H]3CC4CC3C4)cn2)C1. The zero-order valence-corrected chi connectivity index (χ0v) is 20.4. The average molecular weight is 457 g/mol. The van der Waals surface area contributed by atoms with Gasteiger partial charge in [-0.25, -0.2) is 4.98 Å². The van der Waals surface area contributed by atoms with Crippen molar-refractivity contribution in [2.45, 2.75) is 70.2 Å². The molecule has 5 nitrogen and oxygen atoms in total. The van der Waals surface area contributed by atoms with Crippen LogP contribution >= 0.6 is 0 Å². The monoisotopic (exact) mass is 456 g/mol. The number of hydrogen-bond donors (Lipinski definition) is 1. The van der Waals surface area contributed by atoms with E-state index in [-0.39, 0.29) is 12.1 Å². The van der Waals surface area contributed by atoms with E-state index in [1.54, 1.807) is 0 Å². The highest BCUT2D eigenvalue weighted by Gasteiger charge is 2.51. The molecule has 2 aromatic heterocycles. The van der Waals surface area contributed by atoms with Crippen molar-refractivity contribution in [3.8, 4) is 5.88 Å². The van der Waals surface area contributed by atoms with Gasteiger partial charge in [0, 0.05) is 54.0 Å². The number of benzene rings is 1. The Morgan fingerprint density at radius 1 is 1.09 bits per heavy atom. The molecule has 3 atom stereocenters. The molecule has 5 heteroatoms. The molecule has 3 aliphatic carbocycles. The summed E-state index contributed by atoms with van der Waals surface area (Å²) in [5.41, 5.74) is 5.43. The first kappa shape index (κ1) is 21.0. The van der Waals surface area contributed by atoms with E-state index in [1.807, 2.05) is 0 Å². The topological polar surface area (TPSA) is 44.4 Å². The van der Waals surface area contributed by atoms with Crippen LogP contribution in [0.3, 0.4) is 0 Å². The predicted octanol–water partition coefficient (Wildman–Crippen LogP) is 5.17. The zero-order chi connectivity index (χ0) is 22.8. The summed E-state index contributed by atoms with van der Waals surface area (Å²) < 4.78 is 6.18. The van der Waals surface area contributed by atoms with E-state index in [2.05, 4.69) is 71.2 Å². The third-order valence-corrected chi connectivity index (χ3v) is 9.03. The Hall–Kier alpha value is -2.37. The van der Waals surface area contributed by atoms with Gasteiger partial charge >= 0.3 is 0 Å². The van der Waals surface area contributed by atoms with Crippen LogP contribution in [0.5, 0.6) is 5.88 Å². The lowest BCUT2D eigenvalue weighted by atomic mass is 9.82. The highest BCUT2D eigenvalue weighted by atomic mass is 16.5. The second-order valence-corrected chi connectivity index (χ2v) is 11.3. The minimum atomic E-state index is 0.237. The van der Waals surface area contributed by atoms with E-state index in [0.29, 0.717) is 12.1 Å². The molecule has 4 fully saturated rings. The van der Waals surface area contributed by atoms with Crippen LogP contribution in [0.4, 0.5) is 0 Å². The van der Waals surface area contributed by atoms with Gasteiger partial charge in [0.1, 0.15) is 6.10 Å². The second-order valence-electron chi connectivity index (χ2n) is 11.3. The number of para-hydroxylation sites is 1. The number of likely N-dealkylation sites (tertiary alicyclic amines) is 1. The van der Waals surface area contributed by atoms with Gasteiger partial charge in [-0.05, 0) is 74.6 Å². The van der Waals surface area contributed by atoms with Gasteiger partial charge in [0.15, 0.2) is 0 Å². The molecule has 0 amide bonds. The fraction of sp³-hybridized carbons (Fsp3) is 0.552. The minimum absolute atomic E-state index is 0.237. The fourth-order valence-electron chi connectivity index (χ4n) is 7.42. The summed E-state index contributed by atoms with van der Waals surface area (Å²) in [5, 5.41) is 1.39. The first-order valence-corrected chi connectivity index (χ1v) is 13.4. The Kier molecular flexibility index (Phi) is 4.99. The number of pyridine rings is 1. The molecule has 0 radical (unpaired) electrons. The third-order valence-electron chi connectivity index (χ3n) is 9.03. The summed E-state index contributed by atoms with van der Waals surface area (Å²) in [5.74, 6) is 2.59. The number of aromatic nitrogens is 2. The van der Waals surface area contributed by atoms with Crippen molar-refractivity contribution < 1.29 is 4.74 Å². The van der Waals surface area contributed by atoms with Crippen molar-refractivity contribution >= 4 is 10.9 Å². The smallest absolute Gasteiger partial charge is 0.213 e. The minimum Gasteiger partial charge on any atom is -0.472 e. The van der Waals surface area contributed by atoms with E-state index in [1.165, 1.54) is 53.4 Å². The van der Waals surface area contributed by atoms with Crippen LogP contribution < -0.4 is 4.74 Å². The Morgan fingerprint density at radius 3 is 2.68 bits per heavy atom. The summed E-state index contributed by atoms with van der Waals surface area (Å²) in [6, 6.07) is 14.7. The Labute approximate surface area is 202 Å². The molecule has 5 aliphatic rings. The molecule has 34 heavy (non-hydrogen) atoms. The fourth-order valence-corrected chi connectivity index (χ4v) is 7.42. The van der Waals surface area contributed by atoms with Gasteiger partial charge in [0.2, 0.25) is 5.88 Å². The molecule has 0 unspecified atom stereocenters. The van der Waals surface area contributed by atoms with Crippen LogP contribution in [0.25, 0.3) is 10.9 Å². The molecular weight excluding hydrogens is 420 g/mol. The summed E-state index contributed by atoms with van der Waals surface area (Å²) in [7, 11) is 0. The molecule has 2 aliphatic heterocycles. The summed E-state index contributed by atoms with van der Waals surface area (Å²) in [4.78, 5) is 13.9. The molecule has 8 rings (SSSR count). The van der Waals surface area contributed by atoms with E-state index in [0.717, 1.165) is 43.8 Å². The van der Waals surface area contributed by atoms with E-state index >= 15 is 0 Å². The van der Waals surface area contributed by atoms with Crippen LogP contribution in [-0.2, 0) is 6.42 Å². The maximum atomic E-state index is 6.18. The molecule has 4 heterocycles. The normalized spacial score (nSPS) is 31.3. The molecule has 1 saturated heterocycles. The van der Waals surface area contributed by atoms with Crippen molar-refractivity contribution in [2.75, 3.05) is 19.6 Å². The highest BCUT2D eigenvalue weighted by molar-refractivity contribution is 5.85. The third kappa shape index (κ3) is 3.31. The molecule has 3 aromatic rings. The van der Waals surface area contributed by atoms with Gasteiger partial charge in [-0.3, -0.25) is 9.80 Å². The van der Waals surface area contributed by atoms with Gasteiger partial charge in [0.05, 0.1) is 6.04 Å². The van der Waals surface area contributed by atoms with Crippen LogP contribution in [-0.4, -0.2) is 57.6 Å². The lowest BCUT2D eigenvalue weighted by molar-refractivity contribution is 0.0173. The van der Waals surface area contributed by atoms with Gasteiger partial charge in [-0.15, -0.1) is 0 Å². The summed E-state index contributed by atoms with van der Waals surface area (Å²) >= 11 is 0.